The fourth-order valence-corrected chi connectivity index (χ4v) is 2.14. The van der Waals surface area contributed by atoms with Crippen molar-refractivity contribution in [3.8, 4) is 11.8 Å². The molecule has 0 saturated carbocycles. The average Bonchev–Trinajstić information content (AvgIpc) is 2.48. The van der Waals surface area contributed by atoms with Crippen LogP contribution in [0.25, 0.3) is 0 Å². The molecule has 20 heavy (non-hydrogen) atoms. The summed E-state index contributed by atoms with van der Waals surface area (Å²) in [6, 6.07) is 4.24. The predicted molar refractivity (Wildman–Crippen MR) is 76.8 cm³/mol. The maximum absolute atomic E-state index is 13.9. The number of hydrogen-bond donors (Lipinski definition) is 2. The van der Waals surface area contributed by atoms with Crippen LogP contribution in [0.1, 0.15) is 24.8 Å². The molecule has 0 aromatic heterocycles. The predicted octanol–water partition coefficient (Wildman–Crippen LogP) is 2.15. The molecule has 0 radical (unpaired) electrons. The Morgan fingerprint density at radius 2 is 2.10 bits per heavy atom. The van der Waals surface area contributed by atoms with E-state index >= 15 is 0 Å². The van der Waals surface area contributed by atoms with Gasteiger partial charge in [-0.1, -0.05) is 11.8 Å². The second-order valence-corrected chi connectivity index (χ2v) is 4.68. The number of halogens is 1. The molecule has 4 nitrogen and oxygen atoms in total. The zero-order valence-corrected chi connectivity index (χ0v) is 11.3. The monoisotopic (exact) mass is 275 g/mol. The summed E-state index contributed by atoms with van der Waals surface area (Å²) < 4.78 is 13.9. The molecule has 0 aliphatic carbocycles. The molecule has 1 heterocycles. The van der Waals surface area contributed by atoms with E-state index in [0.29, 0.717) is 5.56 Å². The molecule has 5 heteroatoms. The third kappa shape index (κ3) is 3.72. The molecule has 106 valence electrons. The van der Waals surface area contributed by atoms with E-state index in [4.69, 9.17) is 5.73 Å². The number of nitrogens with two attached hydrogens (primary N) is 1. The average molecular weight is 275 g/mol. The lowest BCUT2D eigenvalue weighted by molar-refractivity contribution is 0.200. The van der Waals surface area contributed by atoms with Crippen molar-refractivity contribution in [2.75, 3.05) is 25.0 Å². The summed E-state index contributed by atoms with van der Waals surface area (Å²) in [5.41, 5.74) is 5.99. The number of piperidine rings is 1. The summed E-state index contributed by atoms with van der Waals surface area (Å²) in [6.07, 6.45) is 3.15. The van der Waals surface area contributed by atoms with Gasteiger partial charge in [0.25, 0.3) is 0 Å². The first-order chi connectivity index (χ1) is 9.70. The first kappa shape index (κ1) is 14.4. The number of anilines is 1. The number of carbonyl (C=O) groups excluding carboxylic acids is 1. The number of nitrogens with one attached hydrogen (secondary N) is 1. The third-order valence-corrected chi connectivity index (χ3v) is 3.19. The highest BCUT2D eigenvalue weighted by atomic mass is 19.1. The topological polar surface area (TPSA) is 58.4 Å². The maximum Gasteiger partial charge on any atom is 0.321 e. The minimum Gasteiger partial charge on any atom is -0.325 e. The zero-order valence-electron chi connectivity index (χ0n) is 11.3. The van der Waals surface area contributed by atoms with Crippen LogP contribution in [0, 0.1) is 17.7 Å². The lowest BCUT2D eigenvalue weighted by Crippen LogP contribution is -2.38. The maximum atomic E-state index is 13.9. The summed E-state index contributed by atoms with van der Waals surface area (Å²) in [5.74, 6) is 4.92. The van der Waals surface area contributed by atoms with Gasteiger partial charge in [0.2, 0.25) is 0 Å². The first-order valence-corrected chi connectivity index (χ1v) is 6.75. The highest BCUT2D eigenvalue weighted by Crippen LogP contribution is 2.17. The van der Waals surface area contributed by atoms with Crippen molar-refractivity contribution in [3.63, 3.8) is 0 Å². The molecule has 0 bridgehead atoms. The van der Waals surface area contributed by atoms with Crippen LogP contribution in [0.5, 0.6) is 0 Å². The Labute approximate surface area is 118 Å². The third-order valence-electron chi connectivity index (χ3n) is 3.19. The van der Waals surface area contributed by atoms with Gasteiger partial charge >= 0.3 is 6.03 Å². The van der Waals surface area contributed by atoms with Crippen LogP contribution < -0.4 is 11.1 Å². The normalized spacial score (nSPS) is 14.4. The SMILES string of the molecule is NCC#Cc1ccc(NC(=O)N2CCCCC2)c(F)c1. The highest BCUT2D eigenvalue weighted by Gasteiger charge is 2.17. The van der Waals surface area contributed by atoms with Crippen molar-refractivity contribution in [1.82, 2.24) is 4.90 Å². The fourth-order valence-electron chi connectivity index (χ4n) is 2.14. The van der Waals surface area contributed by atoms with Crippen LogP contribution in [0.4, 0.5) is 14.9 Å². The van der Waals surface area contributed by atoms with Gasteiger partial charge in [0.1, 0.15) is 5.82 Å². The van der Waals surface area contributed by atoms with E-state index in [9.17, 15) is 9.18 Å². The van der Waals surface area contributed by atoms with Gasteiger partial charge in [0.15, 0.2) is 0 Å². The number of urea groups is 1. The molecule has 0 unspecified atom stereocenters. The van der Waals surface area contributed by atoms with E-state index in [1.807, 2.05) is 0 Å². The zero-order chi connectivity index (χ0) is 14.4. The summed E-state index contributed by atoms with van der Waals surface area (Å²) >= 11 is 0. The molecular formula is C15H18FN3O. The van der Waals surface area contributed by atoms with Crippen molar-refractivity contribution in [2.45, 2.75) is 19.3 Å². The van der Waals surface area contributed by atoms with Gasteiger partial charge in [0.05, 0.1) is 12.2 Å². The molecule has 1 aromatic carbocycles. The van der Waals surface area contributed by atoms with Gasteiger partial charge in [-0.25, -0.2) is 9.18 Å². The number of likely N-dealkylation sites (tertiary alicyclic amines) is 1. The van der Waals surface area contributed by atoms with E-state index in [2.05, 4.69) is 17.2 Å². The summed E-state index contributed by atoms with van der Waals surface area (Å²) in [4.78, 5) is 13.7. The first-order valence-electron chi connectivity index (χ1n) is 6.75. The van der Waals surface area contributed by atoms with E-state index in [-0.39, 0.29) is 18.3 Å². The molecule has 0 atom stereocenters. The van der Waals surface area contributed by atoms with Gasteiger partial charge in [0, 0.05) is 18.7 Å². The number of rotatable bonds is 1. The molecule has 2 amide bonds. The molecule has 1 aliphatic rings. The van der Waals surface area contributed by atoms with Crippen LogP contribution in [-0.4, -0.2) is 30.6 Å². The van der Waals surface area contributed by atoms with Crippen molar-refractivity contribution < 1.29 is 9.18 Å². The number of nitrogens with zero attached hydrogens (tertiary/aromatic N) is 1. The lowest BCUT2D eigenvalue weighted by Gasteiger charge is -2.26. The molecule has 1 fully saturated rings. The molecule has 3 N–H and O–H groups in total. The number of amides is 2. The van der Waals surface area contributed by atoms with Crippen LogP contribution in [0.2, 0.25) is 0 Å². The second-order valence-electron chi connectivity index (χ2n) is 4.68. The van der Waals surface area contributed by atoms with Crippen molar-refractivity contribution in [2.24, 2.45) is 5.73 Å². The Morgan fingerprint density at radius 1 is 1.35 bits per heavy atom. The minimum absolute atomic E-state index is 0.180. The summed E-state index contributed by atoms with van der Waals surface area (Å²) in [7, 11) is 0. The molecule has 1 saturated heterocycles. The van der Waals surface area contributed by atoms with Crippen molar-refractivity contribution in [1.29, 1.82) is 0 Å². The Hall–Kier alpha value is -2.06. The van der Waals surface area contributed by atoms with Crippen molar-refractivity contribution >= 4 is 11.7 Å². The van der Waals surface area contributed by atoms with Crippen LogP contribution in [0.15, 0.2) is 18.2 Å². The number of hydrogen-bond acceptors (Lipinski definition) is 2. The van der Waals surface area contributed by atoms with Gasteiger partial charge in [-0.3, -0.25) is 0 Å². The van der Waals surface area contributed by atoms with E-state index in [1.54, 1.807) is 11.0 Å². The standard InChI is InChI=1S/C15H18FN3O/c16-13-11-12(5-4-8-17)6-7-14(13)18-15(20)19-9-2-1-3-10-19/h6-7,11H,1-3,8-10,17H2,(H,18,20). The second kappa shape index (κ2) is 6.92. The van der Waals surface area contributed by atoms with Crippen LogP contribution >= 0.6 is 0 Å². The van der Waals surface area contributed by atoms with Crippen LogP contribution in [0.3, 0.4) is 0 Å². The number of carbonyl (C=O) groups is 1. The molecule has 1 aromatic rings. The van der Waals surface area contributed by atoms with Crippen molar-refractivity contribution in [3.05, 3.63) is 29.6 Å². The Bertz CT molecular complexity index is 542. The Balaban J connectivity index is 2.03. The molecule has 1 aliphatic heterocycles. The van der Waals surface area contributed by atoms with Crippen LogP contribution in [-0.2, 0) is 0 Å². The van der Waals surface area contributed by atoms with Gasteiger partial charge in [-0.2, -0.15) is 0 Å². The smallest absolute Gasteiger partial charge is 0.321 e. The Morgan fingerprint density at radius 3 is 2.75 bits per heavy atom. The summed E-state index contributed by atoms with van der Waals surface area (Å²) in [6.45, 7) is 1.69. The van der Waals surface area contributed by atoms with E-state index < -0.39 is 5.82 Å². The molecular weight excluding hydrogens is 257 g/mol. The van der Waals surface area contributed by atoms with E-state index in [0.717, 1.165) is 32.4 Å². The van der Waals surface area contributed by atoms with Gasteiger partial charge < -0.3 is 16.0 Å². The highest BCUT2D eigenvalue weighted by molar-refractivity contribution is 5.89. The van der Waals surface area contributed by atoms with Gasteiger partial charge in [-0.15, -0.1) is 0 Å². The largest absolute Gasteiger partial charge is 0.325 e. The summed E-state index contributed by atoms with van der Waals surface area (Å²) in [5, 5.41) is 2.60. The van der Waals surface area contributed by atoms with Gasteiger partial charge in [-0.05, 0) is 37.5 Å². The fraction of sp³-hybridized carbons (Fsp3) is 0.400. The Kier molecular flexibility index (Phi) is 4.97. The van der Waals surface area contributed by atoms with E-state index in [1.165, 1.54) is 12.1 Å². The quantitative estimate of drug-likeness (QED) is 0.772. The molecule has 0 spiro atoms. The minimum atomic E-state index is -0.487. The molecule has 2 rings (SSSR count). The number of benzene rings is 1. The lowest BCUT2D eigenvalue weighted by atomic mass is 10.1.